The van der Waals surface area contributed by atoms with Crippen LogP contribution >= 0.6 is 0 Å². The molecule has 4 rings (SSSR count). The molecule has 124 valence electrons. The summed E-state index contributed by atoms with van der Waals surface area (Å²) >= 11 is 0. The van der Waals surface area contributed by atoms with E-state index >= 15 is 0 Å². The van der Waals surface area contributed by atoms with Gasteiger partial charge >= 0.3 is 0 Å². The van der Waals surface area contributed by atoms with Gasteiger partial charge in [0.05, 0.1) is 0 Å². The van der Waals surface area contributed by atoms with Crippen LogP contribution in [0.5, 0.6) is 5.75 Å². The van der Waals surface area contributed by atoms with Gasteiger partial charge in [0.15, 0.2) is 6.10 Å². The van der Waals surface area contributed by atoms with Gasteiger partial charge in [-0.15, -0.1) is 10.2 Å². The Bertz CT molecular complexity index is 1030. The molecule has 0 N–H and O–H groups in total. The first-order valence-electron chi connectivity index (χ1n) is 7.94. The largest absolute Gasteiger partial charge is 0.481 e. The molecule has 0 aliphatic heterocycles. The summed E-state index contributed by atoms with van der Waals surface area (Å²) in [4.78, 5) is 0. The first kappa shape index (κ1) is 15.3. The number of aromatic nitrogens is 2. The Hall–Kier alpha value is -3.21. The molecule has 1 aromatic heterocycles. The van der Waals surface area contributed by atoms with Gasteiger partial charge in [-0.25, -0.2) is 4.39 Å². The maximum absolute atomic E-state index is 13.3. The topological polar surface area (TPSA) is 48.2 Å². The number of hydrogen-bond donors (Lipinski definition) is 0. The highest BCUT2D eigenvalue weighted by molar-refractivity contribution is 5.83. The van der Waals surface area contributed by atoms with Crippen molar-refractivity contribution in [1.29, 1.82) is 0 Å². The van der Waals surface area contributed by atoms with E-state index in [1.807, 2.05) is 49.4 Å². The zero-order valence-electron chi connectivity index (χ0n) is 13.5. The van der Waals surface area contributed by atoms with E-state index in [-0.39, 0.29) is 11.7 Å². The Kier molecular flexibility index (Phi) is 3.90. The Morgan fingerprint density at radius 3 is 2.60 bits per heavy atom. The van der Waals surface area contributed by atoms with Crippen LogP contribution in [0.4, 0.5) is 4.39 Å². The van der Waals surface area contributed by atoms with E-state index in [9.17, 15) is 4.39 Å². The lowest BCUT2D eigenvalue weighted by Gasteiger charge is -2.11. The highest BCUT2D eigenvalue weighted by atomic mass is 19.1. The molecule has 1 atom stereocenters. The van der Waals surface area contributed by atoms with Crippen LogP contribution in [0.1, 0.15) is 18.9 Å². The predicted octanol–water partition coefficient (Wildman–Crippen LogP) is 5.17. The van der Waals surface area contributed by atoms with E-state index in [4.69, 9.17) is 9.15 Å². The van der Waals surface area contributed by atoms with Crippen LogP contribution in [0.25, 0.3) is 22.2 Å². The van der Waals surface area contributed by atoms with Gasteiger partial charge in [0.2, 0.25) is 5.89 Å². The molecule has 25 heavy (non-hydrogen) atoms. The molecule has 0 amide bonds. The average molecular weight is 334 g/mol. The minimum atomic E-state index is -0.420. The van der Waals surface area contributed by atoms with Gasteiger partial charge < -0.3 is 9.15 Å². The van der Waals surface area contributed by atoms with Gasteiger partial charge in [0.25, 0.3) is 5.89 Å². The lowest BCUT2D eigenvalue weighted by atomic mass is 10.1. The second kappa shape index (κ2) is 6.36. The minimum absolute atomic E-state index is 0.267. The van der Waals surface area contributed by atoms with E-state index < -0.39 is 6.10 Å². The molecular formula is C20H15FN2O2. The van der Waals surface area contributed by atoms with Crippen molar-refractivity contribution in [1.82, 2.24) is 10.2 Å². The summed E-state index contributed by atoms with van der Waals surface area (Å²) < 4.78 is 24.9. The number of nitrogens with zero attached hydrogens (tertiary/aromatic N) is 2. The summed E-state index contributed by atoms with van der Waals surface area (Å²) in [5.41, 5.74) is 0.539. The Morgan fingerprint density at radius 2 is 1.76 bits per heavy atom. The van der Waals surface area contributed by atoms with Crippen molar-refractivity contribution >= 4 is 10.8 Å². The van der Waals surface area contributed by atoms with Crippen LogP contribution in [-0.2, 0) is 0 Å². The fourth-order valence-electron chi connectivity index (χ4n) is 2.63. The molecule has 1 unspecified atom stereocenters. The summed E-state index contributed by atoms with van der Waals surface area (Å²) in [6.45, 7) is 1.83. The van der Waals surface area contributed by atoms with E-state index in [0.717, 1.165) is 16.5 Å². The van der Waals surface area contributed by atoms with Crippen molar-refractivity contribution in [3.8, 4) is 17.2 Å². The molecule has 0 bridgehead atoms. The molecule has 5 heteroatoms. The second-order valence-corrected chi connectivity index (χ2v) is 5.72. The monoisotopic (exact) mass is 334 g/mol. The number of ether oxygens (including phenoxy) is 1. The van der Waals surface area contributed by atoms with Crippen molar-refractivity contribution in [2.24, 2.45) is 0 Å². The maximum Gasteiger partial charge on any atom is 0.257 e. The third-order valence-electron chi connectivity index (χ3n) is 3.89. The first-order chi connectivity index (χ1) is 12.2. The van der Waals surface area contributed by atoms with Crippen molar-refractivity contribution in [2.45, 2.75) is 13.0 Å². The molecule has 1 heterocycles. The van der Waals surface area contributed by atoms with Gasteiger partial charge in [-0.2, -0.15) is 0 Å². The summed E-state index contributed by atoms with van der Waals surface area (Å²) in [5, 5.41) is 10.2. The summed E-state index contributed by atoms with van der Waals surface area (Å²) in [6.07, 6.45) is -0.420. The van der Waals surface area contributed by atoms with Crippen molar-refractivity contribution in [2.75, 3.05) is 0 Å². The van der Waals surface area contributed by atoms with Crippen LogP contribution in [0, 0.1) is 5.82 Å². The molecule has 0 radical (unpaired) electrons. The van der Waals surface area contributed by atoms with Crippen LogP contribution < -0.4 is 4.74 Å². The number of benzene rings is 3. The minimum Gasteiger partial charge on any atom is -0.481 e. The average Bonchev–Trinajstić information content (AvgIpc) is 3.12. The molecule has 0 spiro atoms. The third kappa shape index (κ3) is 3.21. The molecular weight excluding hydrogens is 319 g/mol. The molecule has 0 saturated carbocycles. The van der Waals surface area contributed by atoms with Gasteiger partial charge in [-0.05, 0) is 48.0 Å². The lowest BCUT2D eigenvalue weighted by molar-refractivity contribution is 0.190. The lowest BCUT2D eigenvalue weighted by Crippen LogP contribution is -2.03. The van der Waals surface area contributed by atoms with Crippen LogP contribution in [0.15, 0.2) is 71.1 Å². The number of fused-ring (bicyclic) bond motifs is 1. The SMILES string of the molecule is CC(Oc1ccc2ccccc2c1)c1nnc(-c2cccc(F)c2)o1. The van der Waals surface area contributed by atoms with Gasteiger partial charge in [-0.1, -0.05) is 36.4 Å². The van der Waals surface area contributed by atoms with Gasteiger partial charge in [0, 0.05) is 5.56 Å². The molecule has 0 aliphatic rings. The number of halogens is 1. The van der Waals surface area contributed by atoms with Crippen molar-refractivity contribution in [3.63, 3.8) is 0 Å². The standard InChI is InChI=1S/C20H15FN2O2/c1-13(24-18-10-9-14-5-2-3-6-15(14)12-18)19-22-23-20(25-19)16-7-4-8-17(21)11-16/h2-13H,1H3. The summed E-state index contributed by atoms with van der Waals surface area (Å²) in [7, 11) is 0. The molecule has 0 fully saturated rings. The highest BCUT2D eigenvalue weighted by Gasteiger charge is 2.17. The Balaban J connectivity index is 1.55. The molecule has 4 aromatic rings. The number of hydrogen-bond acceptors (Lipinski definition) is 4. The molecule has 3 aromatic carbocycles. The normalized spacial score (nSPS) is 12.2. The summed E-state index contributed by atoms with van der Waals surface area (Å²) in [5.74, 6) is 0.977. The van der Waals surface area contributed by atoms with Crippen molar-refractivity contribution in [3.05, 3.63) is 78.4 Å². The van der Waals surface area contributed by atoms with Crippen LogP contribution in [-0.4, -0.2) is 10.2 Å². The quantitative estimate of drug-likeness (QED) is 0.516. The van der Waals surface area contributed by atoms with E-state index in [2.05, 4.69) is 10.2 Å². The molecule has 4 nitrogen and oxygen atoms in total. The second-order valence-electron chi connectivity index (χ2n) is 5.72. The fraction of sp³-hybridized carbons (Fsp3) is 0.100. The highest BCUT2D eigenvalue weighted by Crippen LogP contribution is 2.27. The maximum atomic E-state index is 13.3. The Labute approximate surface area is 143 Å². The summed E-state index contributed by atoms with van der Waals surface area (Å²) in [6, 6.07) is 20.0. The zero-order chi connectivity index (χ0) is 17.2. The molecule has 0 aliphatic carbocycles. The van der Waals surface area contributed by atoms with Crippen LogP contribution in [0.2, 0.25) is 0 Å². The third-order valence-corrected chi connectivity index (χ3v) is 3.89. The van der Waals surface area contributed by atoms with E-state index in [1.165, 1.54) is 12.1 Å². The van der Waals surface area contributed by atoms with Crippen LogP contribution in [0.3, 0.4) is 0 Å². The van der Waals surface area contributed by atoms with Gasteiger partial charge in [-0.3, -0.25) is 0 Å². The first-order valence-corrected chi connectivity index (χ1v) is 7.94. The zero-order valence-corrected chi connectivity index (χ0v) is 13.5. The molecule has 0 saturated heterocycles. The van der Waals surface area contributed by atoms with Gasteiger partial charge in [0.1, 0.15) is 11.6 Å². The fourth-order valence-corrected chi connectivity index (χ4v) is 2.63. The van der Waals surface area contributed by atoms with E-state index in [1.54, 1.807) is 12.1 Å². The predicted molar refractivity (Wildman–Crippen MR) is 92.7 cm³/mol. The smallest absolute Gasteiger partial charge is 0.257 e. The number of rotatable bonds is 4. The van der Waals surface area contributed by atoms with Crippen molar-refractivity contribution < 1.29 is 13.5 Å². The van der Waals surface area contributed by atoms with E-state index in [0.29, 0.717) is 11.5 Å². The Morgan fingerprint density at radius 1 is 0.920 bits per heavy atom.